The van der Waals surface area contributed by atoms with Crippen molar-refractivity contribution in [1.29, 1.82) is 0 Å². The SMILES string of the molecule is c1c[nH]cn1.c1ccc2[nH]ccc2c1.c1ccc2[nH]ncc2c1.c1ccc2c[nH]cc2c1.c1ccc2cnccc2c1.c1ccc2ncccc2c1.c1ccncc1.c1ccnnc1.c1cn[nH]c1.c1cn[nH]n1.c1cnccn1.c1cncnc1.c1cnncn1.c1nc[nH]n1.c1nc[nH]n1.c1ncc2[nH]cnc2n1.c1ncncn1.c1nn[nH]n1.c1nn[nH]n1.c1nncnn1. The molecule has 0 amide bonds. The topological polar surface area (TPSA) is 651 Å². The Hall–Kier alpha value is -20.6. The van der Waals surface area contributed by atoms with Gasteiger partial charge in [-0.15, -0.1) is 45.9 Å². The molecule has 0 unspecified atom stereocenters. The summed E-state index contributed by atoms with van der Waals surface area (Å²) >= 11 is 0. The van der Waals surface area contributed by atoms with Crippen LogP contribution in [0.1, 0.15) is 0 Å². The van der Waals surface area contributed by atoms with Gasteiger partial charge in [0.1, 0.15) is 68.8 Å². The summed E-state index contributed by atoms with van der Waals surface area (Å²) in [7, 11) is 0. The van der Waals surface area contributed by atoms with Crippen LogP contribution in [0.5, 0.6) is 0 Å². The van der Waals surface area contributed by atoms with Gasteiger partial charge in [-0.3, -0.25) is 45.3 Å². The maximum atomic E-state index is 4.18. The summed E-state index contributed by atoms with van der Waals surface area (Å²) in [6, 6.07) is 61.8. The normalized spacial score (nSPS) is 8.90. The predicted molar refractivity (Wildman–Crippen MR) is 490 cm³/mol. The van der Waals surface area contributed by atoms with Gasteiger partial charge in [-0.25, -0.2) is 59.8 Å². The van der Waals surface area contributed by atoms with Crippen LogP contribution in [0.2, 0.25) is 0 Å². The summed E-state index contributed by atoms with van der Waals surface area (Å²) in [6.07, 6.45) is 67.9. The zero-order valence-electron chi connectivity index (χ0n) is 70.2. The van der Waals surface area contributed by atoms with Crippen molar-refractivity contribution in [3.05, 3.63) is 450 Å². The van der Waals surface area contributed by atoms with Crippen LogP contribution >= 0.6 is 0 Å². The van der Waals surface area contributed by atoms with Gasteiger partial charge in [-0.2, -0.15) is 61.5 Å². The zero-order valence-corrected chi connectivity index (χ0v) is 70.2. The van der Waals surface area contributed by atoms with E-state index in [9.17, 15) is 0 Å². The number of imidazole rings is 2. The minimum atomic E-state index is 0.713. The van der Waals surface area contributed by atoms with Crippen LogP contribution in [-0.2, 0) is 0 Å². The number of para-hydroxylation sites is 3. The van der Waals surface area contributed by atoms with Gasteiger partial charge >= 0.3 is 0 Å². The van der Waals surface area contributed by atoms with Gasteiger partial charge in [0.05, 0.1) is 54.7 Å². The van der Waals surface area contributed by atoms with E-state index >= 15 is 0 Å². The molecule has 0 saturated heterocycles. The summed E-state index contributed by atoms with van der Waals surface area (Å²) < 4.78 is 0. The summed E-state index contributed by atoms with van der Waals surface area (Å²) in [5.74, 6) is 0. The largest absolute Gasteiger partial charge is 0.366 e. The summed E-state index contributed by atoms with van der Waals surface area (Å²) in [5.41, 5.74) is 4.95. The Balaban J connectivity index is 0.000000192. The van der Waals surface area contributed by atoms with E-state index in [0.29, 0.717) is 5.65 Å². The first kappa shape index (κ1) is 99.5. The van der Waals surface area contributed by atoms with E-state index in [1.165, 1.54) is 133 Å². The van der Waals surface area contributed by atoms with Crippen molar-refractivity contribution in [3.63, 3.8) is 0 Å². The van der Waals surface area contributed by atoms with Crippen LogP contribution in [0.4, 0.5) is 0 Å². The Bertz CT molecular complexity index is 5160. The second kappa shape index (κ2) is 72.9. The maximum Gasteiger partial charge on any atom is 0.180 e. The predicted octanol–water partition coefficient (Wildman–Crippen LogP) is 10.9. The molecule has 48 heteroatoms. The smallest absolute Gasteiger partial charge is 0.180 e. The molecule has 0 fully saturated rings. The Labute approximate surface area is 755 Å². The highest BCUT2D eigenvalue weighted by molar-refractivity contribution is 5.82. The monoisotopic (exact) mass is 1780 g/mol. The highest BCUT2D eigenvalue weighted by atomic mass is 15.5. The molecule has 0 aliphatic carbocycles. The number of fused-ring (bicyclic) bond motifs is 6. The number of pyridine rings is 3. The van der Waals surface area contributed by atoms with E-state index < -0.39 is 0 Å². The fourth-order valence-corrected chi connectivity index (χ4v) is 8.44. The third-order valence-corrected chi connectivity index (χ3v) is 13.9. The Morgan fingerprint density at radius 1 is 0.195 bits per heavy atom. The number of rotatable bonds is 0. The molecule has 5 aromatic carbocycles. The van der Waals surface area contributed by atoms with Crippen LogP contribution < -0.4 is 0 Å². The van der Waals surface area contributed by atoms with E-state index in [2.05, 4.69) is 297 Å². The average molecular weight is 1780 g/mol. The quantitative estimate of drug-likeness (QED) is 0.0672. The maximum absolute atomic E-state index is 4.18. The zero-order chi connectivity index (χ0) is 92.5. The molecule has 664 valence electrons. The highest BCUT2D eigenvalue weighted by Crippen LogP contribution is 2.13. The standard InChI is InChI=1S/2C9H7N.2C8H7N.C7H6N2.C5H4N4.C5H5N.3C4H4N2.2C3H3N3.2C3H4N2.C2H2N4.3C2H3N3.2CH2N4/c1-2-6-9-8(4-1)5-3-7-10-9;1-2-4-9-7-10-6-5-8(9)3-1;1-2-4-8-6-9-5-7(8)3-1;1-2-4-8-7(3-1)5-6-9-8;1-2-4-7-6(3-1)5-8-9-7;1-4-5(8-2-6-1)9-3-7-4;1-2-4-6-5-3-1;1-2-6-4-3-5-1;1-2-5-4-6-3-1;1-2-4-6-5-3-1;1-4-2-6-3-5-1;1-2-5-6-3-4-1;1-2-5-3-4-1;1-2-4-5-3-1;1-3-5-2-6-4-1;2*1-3-2-5-4-1;3*1-2-4-5-3-1/h2*1-7H;2*1-6,9H;1-5H,(H,8,9);1-3H,(H,6,7,8,9);1-5H;3*1-4H;2*1-3H;2*1-3H,(H,4,5);1-2H;3*1-2H,(H,3,4,5);2*1H,(H,2,3,4,5). The number of aromatic nitrogens is 48. The van der Waals surface area contributed by atoms with Gasteiger partial charge in [0.25, 0.3) is 0 Å². The van der Waals surface area contributed by atoms with Gasteiger partial charge in [-0.1, -0.05) is 126 Å². The lowest BCUT2D eigenvalue weighted by atomic mass is 10.2. The lowest BCUT2D eigenvalue weighted by molar-refractivity contribution is 0.853. The first-order chi connectivity index (χ1) is 66.3. The molecule has 0 radical (unpaired) electrons. The molecule has 0 aliphatic rings. The van der Waals surface area contributed by atoms with Gasteiger partial charge in [0, 0.05) is 146 Å². The fraction of sp³-hybridized carbons (Fsp3) is 0. The number of hydrogen-bond donors (Lipinski definition) is 11. The van der Waals surface area contributed by atoms with Crippen molar-refractivity contribution >= 4 is 65.4 Å². The van der Waals surface area contributed by atoms with E-state index in [4.69, 9.17) is 0 Å². The number of tetrazole rings is 2. The highest BCUT2D eigenvalue weighted by Gasteiger charge is 1.93. The van der Waals surface area contributed by atoms with Crippen molar-refractivity contribution in [3.8, 4) is 0 Å². The summed E-state index contributed by atoms with van der Waals surface area (Å²) in [4.78, 5) is 75.2. The number of nitrogens with one attached hydrogen (secondary N) is 11. The third kappa shape index (κ3) is 51.8. The number of benzene rings is 5. The molecular weight excluding hydrogens is 1690 g/mol. The van der Waals surface area contributed by atoms with Gasteiger partial charge in [-0.05, 0) is 99.7 Å². The minimum absolute atomic E-state index is 0.713. The molecule has 0 spiro atoms. The van der Waals surface area contributed by atoms with Crippen LogP contribution in [0, 0.1) is 0 Å². The van der Waals surface area contributed by atoms with Crippen LogP contribution in [-0.4, -0.2) is 243 Å². The molecule has 26 rings (SSSR count). The molecule has 0 aliphatic heterocycles. The molecule has 0 bridgehead atoms. The molecule has 133 heavy (non-hydrogen) atoms. The number of H-pyrrole nitrogens is 11. The molecular formula is C85H84N48. The number of nitrogens with zero attached hydrogens (tertiary/aromatic N) is 37. The second-order valence-corrected chi connectivity index (χ2v) is 22.8. The van der Waals surface area contributed by atoms with Gasteiger partial charge in [0.15, 0.2) is 31.0 Å². The van der Waals surface area contributed by atoms with Gasteiger partial charge < -0.3 is 19.9 Å². The van der Waals surface area contributed by atoms with Crippen molar-refractivity contribution in [2.75, 3.05) is 0 Å². The molecule has 11 N–H and O–H groups in total. The fourth-order valence-electron chi connectivity index (χ4n) is 8.44. The molecule has 0 saturated carbocycles. The number of aromatic amines is 11. The third-order valence-electron chi connectivity index (χ3n) is 13.9. The van der Waals surface area contributed by atoms with Crippen molar-refractivity contribution < 1.29 is 0 Å². The molecule has 48 nitrogen and oxygen atoms in total. The first-order valence-electron chi connectivity index (χ1n) is 38.5. The van der Waals surface area contributed by atoms with Crippen molar-refractivity contribution in [2.45, 2.75) is 0 Å². The first-order valence-corrected chi connectivity index (χ1v) is 38.5. The molecule has 0 atom stereocenters. The molecule has 21 aromatic heterocycles. The minimum Gasteiger partial charge on any atom is -0.366 e. The Morgan fingerprint density at radius 3 is 1.16 bits per heavy atom. The van der Waals surface area contributed by atoms with Gasteiger partial charge in [0.2, 0.25) is 0 Å². The van der Waals surface area contributed by atoms with Crippen LogP contribution in [0.15, 0.2) is 450 Å². The second-order valence-electron chi connectivity index (χ2n) is 22.8. The van der Waals surface area contributed by atoms with Crippen molar-refractivity contribution in [2.24, 2.45) is 0 Å². The lowest BCUT2D eigenvalue weighted by Crippen LogP contribution is -1.81. The average Bonchev–Trinajstić information content (AvgIpc) is 1.74. The number of hydrogen-bond acceptors (Lipinski definition) is 37. The Kier molecular flexibility index (Phi) is 54.5. The molecule has 21 heterocycles. The van der Waals surface area contributed by atoms with Crippen LogP contribution in [0.25, 0.3) is 65.4 Å². The van der Waals surface area contributed by atoms with E-state index in [1.807, 2.05) is 171 Å². The lowest BCUT2D eigenvalue weighted by Gasteiger charge is -1.91. The van der Waals surface area contributed by atoms with Crippen molar-refractivity contribution in [1.82, 2.24) is 243 Å². The van der Waals surface area contributed by atoms with E-state index in [0.717, 1.165) is 21.9 Å². The van der Waals surface area contributed by atoms with E-state index in [1.54, 1.807) is 130 Å². The molecule has 26 aromatic rings. The summed E-state index contributed by atoms with van der Waals surface area (Å²) in [5, 5.41) is 94.6. The summed E-state index contributed by atoms with van der Waals surface area (Å²) in [6.45, 7) is 0. The van der Waals surface area contributed by atoms with E-state index in [-0.39, 0.29) is 0 Å². The Morgan fingerprint density at radius 2 is 0.759 bits per heavy atom. The van der Waals surface area contributed by atoms with Crippen LogP contribution in [0.3, 0.4) is 0 Å².